The van der Waals surface area contributed by atoms with Gasteiger partial charge in [-0.3, -0.25) is 0 Å². The van der Waals surface area contributed by atoms with E-state index in [9.17, 15) is 5.11 Å². The van der Waals surface area contributed by atoms with Crippen LogP contribution < -0.4 is 0 Å². The van der Waals surface area contributed by atoms with Gasteiger partial charge in [-0.1, -0.05) is 77.9 Å². The first-order valence-corrected chi connectivity index (χ1v) is 11.5. The first kappa shape index (κ1) is 24.3. The molecule has 5 nitrogen and oxygen atoms in total. The number of hydrogen-bond donors (Lipinski definition) is 2. The fourth-order valence-corrected chi connectivity index (χ4v) is 3.47. The molecule has 0 radical (unpaired) electrons. The second-order valence-electron chi connectivity index (χ2n) is 9.68. The zero-order chi connectivity index (χ0) is 24.2. The van der Waals surface area contributed by atoms with Crippen LogP contribution in [0.15, 0.2) is 66.7 Å². The molecule has 0 bridgehead atoms. The molecule has 0 fully saturated rings. The lowest BCUT2D eigenvalue weighted by atomic mass is 9.76. The summed E-state index contributed by atoms with van der Waals surface area (Å²) < 4.78 is 0. The first-order valence-electron chi connectivity index (χ1n) is 11.5. The molecule has 2 N–H and O–H groups in total. The molecule has 4 aromatic rings. The smallest absolute Gasteiger partial charge is 0.146 e. The monoisotopic (exact) mass is 445 g/mol. The molecular formula is C28H35N3O2. The van der Waals surface area contributed by atoms with Gasteiger partial charge < -0.3 is 10.2 Å². The second-order valence-corrected chi connectivity index (χ2v) is 9.68. The summed E-state index contributed by atoms with van der Waals surface area (Å²) in [5, 5.41) is 28.9. The van der Waals surface area contributed by atoms with Crippen LogP contribution in [0.4, 0.5) is 0 Å². The summed E-state index contributed by atoms with van der Waals surface area (Å²) >= 11 is 0. The van der Waals surface area contributed by atoms with E-state index >= 15 is 0 Å². The van der Waals surface area contributed by atoms with Crippen LogP contribution in [0.2, 0.25) is 0 Å². The van der Waals surface area contributed by atoms with Crippen molar-refractivity contribution in [2.24, 2.45) is 0 Å². The van der Waals surface area contributed by atoms with Gasteiger partial charge in [-0.25, -0.2) is 0 Å². The minimum atomic E-state index is -0.134. The van der Waals surface area contributed by atoms with Gasteiger partial charge in [0, 0.05) is 5.56 Å². The maximum atomic E-state index is 11.1. The molecule has 5 heteroatoms. The van der Waals surface area contributed by atoms with Crippen molar-refractivity contribution in [2.45, 2.75) is 65.2 Å². The molecule has 0 amide bonds. The minimum Gasteiger partial charge on any atom is -0.508 e. The second kappa shape index (κ2) is 9.65. The van der Waals surface area contributed by atoms with Crippen molar-refractivity contribution in [3.8, 4) is 17.2 Å². The van der Waals surface area contributed by atoms with E-state index in [0.717, 1.165) is 29.4 Å². The molecule has 0 atom stereocenters. The van der Waals surface area contributed by atoms with E-state index < -0.39 is 0 Å². The average Bonchev–Trinajstić information content (AvgIpc) is 3.24. The van der Waals surface area contributed by atoms with Crippen molar-refractivity contribution >= 4 is 11.0 Å². The predicted molar refractivity (Wildman–Crippen MR) is 135 cm³/mol. The number of aromatic hydroxyl groups is 2. The van der Waals surface area contributed by atoms with E-state index in [1.54, 1.807) is 29.1 Å². The largest absolute Gasteiger partial charge is 0.508 e. The van der Waals surface area contributed by atoms with Crippen molar-refractivity contribution in [1.29, 1.82) is 0 Å². The number of aromatic nitrogens is 3. The lowest BCUT2D eigenvalue weighted by Crippen LogP contribution is -2.21. The van der Waals surface area contributed by atoms with Gasteiger partial charge in [0.2, 0.25) is 0 Å². The Hall–Kier alpha value is -3.34. The van der Waals surface area contributed by atoms with Gasteiger partial charge in [-0.15, -0.1) is 15.0 Å². The number of fused-ring (bicyclic) bond motifs is 1. The highest BCUT2D eigenvalue weighted by Crippen LogP contribution is 2.41. The Kier molecular flexibility index (Phi) is 7.11. The maximum Gasteiger partial charge on any atom is 0.146 e. The van der Waals surface area contributed by atoms with Crippen LogP contribution in [-0.4, -0.2) is 25.2 Å². The number of phenols is 2. The van der Waals surface area contributed by atoms with Gasteiger partial charge in [-0.2, -0.15) is 0 Å². The van der Waals surface area contributed by atoms with E-state index in [2.05, 4.69) is 57.8 Å². The van der Waals surface area contributed by atoms with E-state index in [-0.39, 0.29) is 16.6 Å². The molecule has 0 saturated carbocycles. The van der Waals surface area contributed by atoms with E-state index in [4.69, 9.17) is 5.11 Å². The Bertz CT molecular complexity index is 1180. The molecule has 33 heavy (non-hydrogen) atoms. The highest BCUT2D eigenvalue weighted by Gasteiger charge is 2.29. The summed E-state index contributed by atoms with van der Waals surface area (Å²) in [4.78, 5) is 1.57. The molecule has 174 valence electrons. The summed E-state index contributed by atoms with van der Waals surface area (Å²) in [7, 11) is 0. The zero-order valence-electron chi connectivity index (χ0n) is 20.5. The quantitative estimate of drug-likeness (QED) is 0.351. The number of hydrogen-bond acceptors (Lipinski definition) is 4. The fraction of sp³-hybridized carbons (Fsp3) is 0.357. The predicted octanol–water partition coefficient (Wildman–Crippen LogP) is 6.89. The maximum absolute atomic E-state index is 11.1. The van der Waals surface area contributed by atoms with Crippen molar-refractivity contribution in [3.63, 3.8) is 0 Å². The van der Waals surface area contributed by atoms with Gasteiger partial charge in [0.25, 0.3) is 0 Å². The van der Waals surface area contributed by atoms with Crippen molar-refractivity contribution in [2.75, 3.05) is 0 Å². The third kappa shape index (κ3) is 5.36. The lowest BCUT2D eigenvalue weighted by Gasteiger charge is -2.30. The minimum absolute atomic E-state index is 0.00754. The van der Waals surface area contributed by atoms with Gasteiger partial charge in [0.05, 0.1) is 0 Å². The lowest BCUT2D eigenvalue weighted by molar-refractivity contribution is 0.420. The molecule has 1 aromatic heterocycles. The van der Waals surface area contributed by atoms with Crippen LogP contribution in [0.25, 0.3) is 16.7 Å². The summed E-state index contributed by atoms with van der Waals surface area (Å²) in [5.41, 5.74) is 4.32. The SMILES string of the molecule is CCC(C)(C)c1cc(-n2nc3ccccc3n2)c(O)c(C(C)(C)CC)c1.Oc1ccccc1. The molecule has 0 aliphatic rings. The van der Waals surface area contributed by atoms with Gasteiger partial charge in [0.1, 0.15) is 28.2 Å². The van der Waals surface area contributed by atoms with Crippen molar-refractivity contribution < 1.29 is 10.2 Å². The van der Waals surface area contributed by atoms with Crippen LogP contribution in [0.1, 0.15) is 65.5 Å². The zero-order valence-corrected chi connectivity index (χ0v) is 20.5. The van der Waals surface area contributed by atoms with Gasteiger partial charge >= 0.3 is 0 Å². The molecule has 0 saturated heterocycles. The van der Waals surface area contributed by atoms with Crippen LogP contribution in [-0.2, 0) is 10.8 Å². The number of phenolic OH excluding ortho intramolecular Hbond substituents is 2. The molecule has 1 heterocycles. The Morgan fingerprint density at radius 1 is 0.727 bits per heavy atom. The standard InChI is InChI=1S/C22H29N3O.C6H6O/c1-7-21(3,4)15-13-16(22(5,6)8-2)20(26)19(14-15)25-23-17-11-9-10-12-18(17)24-25;7-6-4-2-1-3-5-6/h9-14,26H,7-8H2,1-6H3;1-5,7H. The summed E-state index contributed by atoms with van der Waals surface area (Å²) in [6.45, 7) is 13.1. The molecule has 0 aliphatic carbocycles. The number of rotatable bonds is 5. The average molecular weight is 446 g/mol. The van der Waals surface area contributed by atoms with E-state index in [1.165, 1.54) is 5.56 Å². The van der Waals surface area contributed by atoms with Crippen molar-refractivity contribution in [1.82, 2.24) is 15.0 Å². The Labute approximate surface area is 196 Å². The third-order valence-corrected chi connectivity index (χ3v) is 6.63. The Balaban J connectivity index is 0.000000374. The topological polar surface area (TPSA) is 71.2 Å². The third-order valence-electron chi connectivity index (χ3n) is 6.63. The van der Waals surface area contributed by atoms with Crippen LogP contribution in [0.5, 0.6) is 11.5 Å². The molecular weight excluding hydrogens is 410 g/mol. The summed E-state index contributed by atoms with van der Waals surface area (Å²) in [6, 6.07) is 20.7. The first-order chi connectivity index (χ1) is 15.6. The van der Waals surface area contributed by atoms with Crippen LogP contribution >= 0.6 is 0 Å². The molecule has 0 aliphatic heterocycles. The van der Waals surface area contributed by atoms with Gasteiger partial charge in [0.15, 0.2) is 0 Å². The van der Waals surface area contributed by atoms with Gasteiger partial charge in [-0.05, 0) is 59.6 Å². The number of nitrogens with zero attached hydrogens (tertiary/aromatic N) is 3. The fourth-order valence-electron chi connectivity index (χ4n) is 3.47. The number of benzene rings is 3. The molecule has 4 rings (SSSR count). The van der Waals surface area contributed by atoms with Crippen LogP contribution in [0, 0.1) is 0 Å². The molecule has 0 spiro atoms. The Morgan fingerprint density at radius 3 is 1.70 bits per heavy atom. The van der Waals surface area contributed by atoms with E-state index in [0.29, 0.717) is 11.4 Å². The highest BCUT2D eigenvalue weighted by atomic mass is 16.3. The Morgan fingerprint density at radius 2 is 1.24 bits per heavy atom. The molecule has 0 unspecified atom stereocenters. The number of para-hydroxylation sites is 1. The normalized spacial score (nSPS) is 11.8. The van der Waals surface area contributed by atoms with E-state index in [1.807, 2.05) is 36.4 Å². The highest BCUT2D eigenvalue weighted by molar-refractivity contribution is 5.74. The van der Waals surface area contributed by atoms with Crippen LogP contribution in [0.3, 0.4) is 0 Å². The molecule has 3 aromatic carbocycles. The summed E-state index contributed by atoms with van der Waals surface area (Å²) in [5.74, 6) is 0.593. The van der Waals surface area contributed by atoms with Crippen molar-refractivity contribution in [3.05, 3.63) is 77.9 Å². The summed E-state index contributed by atoms with van der Waals surface area (Å²) in [6.07, 6.45) is 1.95.